The quantitative estimate of drug-likeness (QED) is 0.714. The molecular formula is C18H20N6O. The van der Waals surface area contributed by atoms with Gasteiger partial charge in [0.15, 0.2) is 0 Å². The van der Waals surface area contributed by atoms with Crippen LogP contribution in [0.5, 0.6) is 0 Å². The summed E-state index contributed by atoms with van der Waals surface area (Å²) in [6.45, 7) is 6.19. The molecule has 1 aliphatic heterocycles. The third-order valence-corrected chi connectivity index (χ3v) is 4.53. The van der Waals surface area contributed by atoms with Gasteiger partial charge >= 0.3 is 0 Å². The van der Waals surface area contributed by atoms with Crippen molar-refractivity contribution in [1.29, 1.82) is 0 Å². The van der Waals surface area contributed by atoms with E-state index in [0.717, 1.165) is 49.0 Å². The van der Waals surface area contributed by atoms with E-state index in [4.69, 9.17) is 0 Å². The summed E-state index contributed by atoms with van der Waals surface area (Å²) < 4.78 is 1.60. The minimum absolute atomic E-state index is 0.0278. The summed E-state index contributed by atoms with van der Waals surface area (Å²) in [5, 5.41) is 0. The van der Waals surface area contributed by atoms with Crippen molar-refractivity contribution in [1.82, 2.24) is 24.3 Å². The highest BCUT2D eigenvalue weighted by molar-refractivity contribution is 5.46. The normalized spacial score (nSPS) is 15.6. The molecule has 0 N–H and O–H groups in total. The Morgan fingerprint density at radius 3 is 2.60 bits per heavy atom. The zero-order valence-electron chi connectivity index (χ0n) is 14.2. The summed E-state index contributed by atoms with van der Waals surface area (Å²) in [7, 11) is 0. The first kappa shape index (κ1) is 15.7. The predicted octanol–water partition coefficient (Wildman–Crippen LogP) is 1.12. The summed E-state index contributed by atoms with van der Waals surface area (Å²) in [6.07, 6.45) is 5.30. The van der Waals surface area contributed by atoms with E-state index in [9.17, 15) is 4.79 Å². The maximum Gasteiger partial charge on any atom is 0.258 e. The lowest BCUT2D eigenvalue weighted by Gasteiger charge is -2.34. The third-order valence-electron chi connectivity index (χ3n) is 4.53. The number of piperazine rings is 1. The van der Waals surface area contributed by atoms with Crippen molar-refractivity contribution >= 4 is 11.6 Å². The van der Waals surface area contributed by atoms with E-state index in [0.29, 0.717) is 6.54 Å². The molecule has 0 amide bonds. The molecule has 3 aromatic heterocycles. The largest absolute Gasteiger partial charge is 0.338 e. The minimum atomic E-state index is -0.0278. The summed E-state index contributed by atoms with van der Waals surface area (Å²) >= 11 is 0. The molecule has 1 aliphatic rings. The molecular weight excluding hydrogens is 316 g/mol. The maximum absolute atomic E-state index is 12.3. The zero-order valence-corrected chi connectivity index (χ0v) is 14.2. The Labute approximate surface area is 145 Å². The zero-order chi connectivity index (χ0) is 17.2. The number of hydrogen-bond donors (Lipinski definition) is 0. The number of pyridine rings is 1. The second kappa shape index (κ2) is 6.60. The fourth-order valence-electron chi connectivity index (χ4n) is 3.18. The lowest BCUT2D eigenvalue weighted by atomic mass is 10.2. The number of rotatable bonds is 3. The van der Waals surface area contributed by atoms with Gasteiger partial charge in [-0.1, -0.05) is 6.07 Å². The summed E-state index contributed by atoms with van der Waals surface area (Å²) in [5.41, 5.74) is 2.54. The van der Waals surface area contributed by atoms with Crippen LogP contribution in [-0.2, 0) is 6.54 Å². The average molecular weight is 336 g/mol. The van der Waals surface area contributed by atoms with Crippen LogP contribution in [0.4, 0.5) is 5.95 Å². The highest BCUT2D eigenvalue weighted by Gasteiger charge is 2.19. The van der Waals surface area contributed by atoms with Crippen LogP contribution in [0.1, 0.15) is 11.3 Å². The predicted molar refractivity (Wildman–Crippen MR) is 95.7 cm³/mol. The molecule has 3 aromatic rings. The second-order valence-electron chi connectivity index (χ2n) is 6.28. The highest BCUT2D eigenvalue weighted by atomic mass is 16.1. The maximum atomic E-state index is 12.3. The van der Waals surface area contributed by atoms with E-state index in [1.54, 1.807) is 29.1 Å². The van der Waals surface area contributed by atoms with Gasteiger partial charge in [-0.3, -0.25) is 14.1 Å². The van der Waals surface area contributed by atoms with Gasteiger partial charge in [-0.15, -0.1) is 0 Å². The fourth-order valence-corrected chi connectivity index (χ4v) is 3.18. The molecule has 7 heteroatoms. The van der Waals surface area contributed by atoms with Crippen LogP contribution in [0.15, 0.2) is 47.7 Å². The van der Waals surface area contributed by atoms with Crippen LogP contribution in [0, 0.1) is 6.92 Å². The van der Waals surface area contributed by atoms with Gasteiger partial charge in [0, 0.05) is 57.4 Å². The van der Waals surface area contributed by atoms with Crippen LogP contribution < -0.4 is 10.5 Å². The van der Waals surface area contributed by atoms with E-state index in [2.05, 4.69) is 24.8 Å². The van der Waals surface area contributed by atoms with E-state index >= 15 is 0 Å². The van der Waals surface area contributed by atoms with Crippen LogP contribution in [-0.4, -0.2) is 50.4 Å². The Kier molecular flexibility index (Phi) is 4.15. The van der Waals surface area contributed by atoms with Gasteiger partial charge in [0.1, 0.15) is 5.65 Å². The van der Waals surface area contributed by atoms with Gasteiger partial charge in [0.05, 0.1) is 5.69 Å². The van der Waals surface area contributed by atoms with Crippen LogP contribution in [0.2, 0.25) is 0 Å². The minimum Gasteiger partial charge on any atom is -0.338 e. The molecule has 7 nitrogen and oxygen atoms in total. The second-order valence-corrected chi connectivity index (χ2v) is 6.28. The van der Waals surface area contributed by atoms with Crippen molar-refractivity contribution in [2.24, 2.45) is 0 Å². The summed E-state index contributed by atoms with van der Waals surface area (Å²) in [6, 6.07) is 7.31. The number of fused-ring (bicyclic) bond motifs is 1. The van der Waals surface area contributed by atoms with Gasteiger partial charge in [-0.2, -0.15) is 0 Å². The molecule has 0 aliphatic carbocycles. The molecule has 0 bridgehead atoms. The van der Waals surface area contributed by atoms with Crippen molar-refractivity contribution < 1.29 is 0 Å². The first-order chi connectivity index (χ1) is 12.2. The monoisotopic (exact) mass is 336 g/mol. The molecule has 1 saturated heterocycles. The molecule has 4 heterocycles. The number of hydrogen-bond acceptors (Lipinski definition) is 6. The van der Waals surface area contributed by atoms with Gasteiger partial charge < -0.3 is 4.90 Å². The van der Waals surface area contributed by atoms with Crippen molar-refractivity contribution in [3.8, 4) is 0 Å². The van der Waals surface area contributed by atoms with Gasteiger partial charge in [-0.25, -0.2) is 15.0 Å². The van der Waals surface area contributed by atoms with Gasteiger partial charge in [0.2, 0.25) is 5.95 Å². The number of aryl methyl sites for hydroxylation is 1. The smallest absolute Gasteiger partial charge is 0.258 e. The van der Waals surface area contributed by atoms with Gasteiger partial charge in [-0.05, 0) is 24.6 Å². The van der Waals surface area contributed by atoms with Crippen LogP contribution in [0.25, 0.3) is 5.65 Å². The molecule has 4 rings (SSSR count). The van der Waals surface area contributed by atoms with E-state index in [-0.39, 0.29) is 5.56 Å². The molecule has 0 radical (unpaired) electrons. The Balaban J connectivity index is 1.48. The molecule has 0 unspecified atom stereocenters. The highest BCUT2D eigenvalue weighted by Crippen LogP contribution is 2.12. The lowest BCUT2D eigenvalue weighted by Crippen LogP contribution is -2.46. The number of nitrogens with zero attached hydrogens (tertiary/aromatic N) is 6. The summed E-state index contributed by atoms with van der Waals surface area (Å²) in [4.78, 5) is 30.1. The van der Waals surface area contributed by atoms with Crippen LogP contribution >= 0.6 is 0 Å². The average Bonchev–Trinajstić information content (AvgIpc) is 2.64. The Morgan fingerprint density at radius 1 is 1.08 bits per heavy atom. The molecule has 0 aromatic carbocycles. The van der Waals surface area contributed by atoms with Crippen molar-refractivity contribution in [3.63, 3.8) is 0 Å². The Morgan fingerprint density at radius 2 is 1.84 bits per heavy atom. The molecule has 128 valence electrons. The van der Waals surface area contributed by atoms with Crippen molar-refractivity contribution in [2.45, 2.75) is 13.5 Å². The Hall–Kier alpha value is -2.80. The van der Waals surface area contributed by atoms with Gasteiger partial charge in [0.25, 0.3) is 5.56 Å². The first-order valence-corrected chi connectivity index (χ1v) is 8.43. The molecule has 25 heavy (non-hydrogen) atoms. The molecule has 0 saturated carbocycles. The molecule has 0 atom stereocenters. The summed E-state index contributed by atoms with van der Waals surface area (Å²) in [5.74, 6) is 0.778. The van der Waals surface area contributed by atoms with E-state index < -0.39 is 0 Å². The topological polar surface area (TPSA) is 66.6 Å². The number of aromatic nitrogens is 4. The third kappa shape index (κ3) is 3.23. The van der Waals surface area contributed by atoms with E-state index in [1.807, 2.05) is 25.1 Å². The standard InChI is InChI=1S/C18H20N6O/c1-14-4-2-7-24-16(25)12-15(21-17(14)24)13-22-8-10-23(11-9-22)18-19-5-3-6-20-18/h2-7,12H,8-11,13H2,1H3. The van der Waals surface area contributed by atoms with E-state index in [1.165, 1.54) is 0 Å². The lowest BCUT2D eigenvalue weighted by molar-refractivity contribution is 0.246. The van der Waals surface area contributed by atoms with Crippen molar-refractivity contribution in [2.75, 3.05) is 31.1 Å². The molecule has 1 fully saturated rings. The number of anilines is 1. The fraction of sp³-hybridized carbons (Fsp3) is 0.333. The first-order valence-electron chi connectivity index (χ1n) is 8.43. The van der Waals surface area contributed by atoms with Crippen LogP contribution in [0.3, 0.4) is 0 Å². The Bertz CT molecular complexity index is 931. The SMILES string of the molecule is Cc1cccn2c(=O)cc(CN3CCN(c4ncccn4)CC3)nc12. The van der Waals surface area contributed by atoms with Crippen molar-refractivity contribution in [3.05, 3.63) is 64.5 Å². The molecule has 0 spiro atoms.